The van der Waals surface area contributed by atoms with Crippen LogP contribution in [0.25, 0.3) is 11.4 Å². The predicted molar refractivity (Wildman–Crippen MR) is 139 cm³/mol. The van der Waals surface area contributed by atoms with Crippen LogP contribution < -0.4 is 31.0 Å². The summed E-state index contributed by atoms with van der Waals surface area (Å²) in [7, 11) is 1.52. The number of urea groups is 1. The molecule has 206 valence electrons. The van der Waals surface area contributed by atoms with Crippen molar-refractivity contribution in [2.75, 3.05) is 29.5 Å². The molecule has 0 saturated heterocycles. The zero-order valence-electron chi connectivity index (χ0n) is 20.5. The van der Waals surface area contributed by atoms with Crippen molar-refractivity contribution in [1.82, 2.24) is 14.5 Å². The van der Waals surface area contributed by atoms with Crippen LogP contribution in [-0.4, -0.2) is 40.6 Å². The molecule has 5 rings (SSSR count). The van der Waals surface area contributed by atoms with Crippen LogP contribution in [-0.2, 0) is 17.5 Å². The van der Waals surface area contributed by atoms with Crippen LogP contribution in [0.4, 0.5) is 35.2 Å². The number of carbonyl (C=O) groups is 2. The molecule has 0 unspecified atom stereocenters. The molecule has 2 aromatic rings. The summed E-state index contributed by atoms with van der Waals surface area (Å²) in [6.45, 7) is 1.44. The quantitative estimate of drug-likeness (QED) is 0.277. The normalized spacial score (nSPS) is 13.0. The third-order valence-corrected chi connectivity index (χ3v) is 6.10. The molecule has 11 nitrogen and oxygen atoms in total. The number of benzene rings is 2. The predicted octanol–water partition coefficient (Wildman–Crippen LogP) is 4.98. The lowest BCUT2D eigenvalue weighted by molar-refractivity contribution is -0.137. The molecule has 2 amide bonds. The van der Waals surface area contributed by atoms with Crippen molar-refractivity contribution in [3.8, 4) is 28.8 Å². The van der Waals surface area contributed by atoms with Gasteiger partial charge < -0.3 is 30.0 Å². The maximum absolute atomic E-state index is 13.1. The Morgan fingerprint density at radius 2 is 1.85 bits per heavy atom. The lowest BCUT2D eigenvalue weighted by Gasteiger charge is -2.18. The lowest BCUT2D eigenvalue weighted by Crippen LogP contribution is -2.20. The number of nitrogens with zero attached hydrogens (tertiary/aromatic N) is 4. The van der Waals surface area contributed by atoms with Gasteiger partial charge in [0.05, 0.1) is 16.1 Å². The number of nitrogens with one attached hydrogen (secondary N) is 3. The fourth-order valence-electron chi connectivity index (χ4n) is 4.04. The first kappa shape index (κ1) is 26.7. The number of aromatic nitrogens is 3. The number of alkyl halides is 3. The molecule has 15 heteroatoms. The second-order valence-corrected chi connectivity index (χ2v) is 8.74. The largest absolute Gasteiger partial charge is 0.454 e. The highest BCUT2D eigenvalue weighted by Gasteiger charge is 2.33. The second-order valence-electron chi connectivity index (χ2n) is 8.34. The highest BCUT2D eigenvalue weighted by atomic mass is 35.5. The number of fused-ring (bicyclic) bond motifs is 3. The molecule has 0 bridgehead atoms. The fourth-order valence-corrected chi connectivity index (χ4v) is 4.27. The first-order valence-electron chi connectivity index (χ1n) is 11.6. The zero-order valence-corrected chi connectivity index (χ0v) is 21.3. The van der Waals surface area contributed by atoms with Crippen LogP contribution in [0.1, 0.15) is 5.56 Å². The average Bonchev–Trinajstić information content (AvgIpc) is 3.41. The average molecular weight is 574 g/mol. The van der Waals surface area contributed by atoms with E-state index >= 15 is 0 Å². The number of rotatable bonds is 6. The van der Waals surface area contributed by atoms with Gasteiger partial charge >= 0.3 is 12.2 Å². The number of hydrogen-bond donors (Lipinski definition) is 3. The van der Waals surface area contributed by atoms with Gasteiger partial charge in [0.15, 0.2) is 17.4 Å². The van der Waals surface area contributed by atoms with Crippen LogP contribution in [0.2, 0.25) is 5.02 Å². The van der Waals surface area contributed by atoms with Gasteiger partial charge in [0.2, 0.25) is 11.5 Å². The van der Waals surface area contributed by atoms with Crippen LogP contribution in [0, 0.1) is 0 Å². The molecule has 0 spiro atoms. The van der Waals surface area contributed by atoms with Crippen LogP contribution >= 0.6 is 11.6 Å². The van der Waals surface area contributed by atoms with Gasteiger partial charge in [0.1, 0.15) is 5.75 Å². The minimum Gasteiger partial charge on any atom is -0.454 e. The zero-order chi connectivity index (χ0) is 28.4. The maximum Gasteiger partial charge on any atom is 0.417 e. The van der Waals surface area contributed by atoms with E-state index in [-0.39, 0.29) is 23.7 Å². The topological polar surface area (TPSA) is 132 Å². The number of anilines is 3. The maximum atomic E-state index is 13.1. The highest BCUT2D eigenvalue weighted by molar-refractivity contribution is 6.31. The van der Waals surface area contributed by atoms with E-state index in [2.05, 4.69) is 30.9 Å². The Bertz CT molecular complexity index is 1640. The molecular formula is C25H19ClF3N7O4. The molecule has 0 saturated carbocycles. The third kappa shape index (κ3) is 5.47. The molecular weight excluding hydrogens is 555 g/mol. The SMILES string of the molecule is CN=c1nc(OC=O)c2cc(Oc3ccc(NC(=O)Nc4ccc(Cl)c(C(F)(F)F)c4)cc3)c3n(c-2n1)CCN3. The van der Waals surface area contributed by atoms with E-state index in [1.165, 1.54) is 13.1 Å². The minimum absolute atomic E-state index is 0.0289. The van der Waals surface area contributed by atoms with Crippen molar-refractivity contribution in [1.29, 1.82) is 0 Å². The molecule has 0 aromatic heterocycles. The molecule has 0 atom stereocenters. The van der Waals surface area contributed by atoms with Gasteiger partial charge in [0, 0.05) is 37.6 Å². The number of carbonyl (C=O) groups excluding carboxylic acids is 2. The fraction of sp³-hybridized carbons (Fsp3) is 0.160. The standard InChI is InChI=1S/C25H19ClF3N7O4/c1-30-23-34-20-16(22(35-23)39-12-37)11-19(21-31-8-9-36(20)21)40-15-5-2-13(3-6-15)32-24(38)33-14-4-7-18(26)17(10-14)25(27,28)29/h2-7,10-12,31H,8-9H2,1H3,(H2,32,33,38). The van der Waals surface area contributed by atoms with Crippen LogP contribution in [0.5, 0.6) is 17.4 Å². The summed E-state index contributed by atoms with van der Waals surface area (Å²) >= 11 is 5.62. The van der Waals surface area contributed by atoms with E-state index in [4.69, 9.17) is 21.1 Å². The summed E-state index contributed by atoms with van der Waals surface area (Å²) in [6, 6.07) is 10.2. The van der Waals surface area contributed by atoms with E-state index < -0.39 is 22.8 Å². The van der Waals surface area contributed by atoms with Gasteiger partial charge in [-0.15, -0.1) is 0 Å². The van der Waals surface area contributed by atoms with Gasteiger partial charge in [-0.25, -0.2) is 4.79 Å². The van der Waals surface area contributed by atoms with Gasteiger partial charge in [-0.3, -0.25) is 9.79 Å². The number of hydrogen-bond acceptors (Lipinski definition) is 8. The van der Waals surface area contributed by atoms with Crippen LogP contribution in [0.15, 0.2) is 53.5 Å². The van der Waals surface area contributed by atoms with E-state index in [1.54, 1.807) is 30.3 Å². The van der Waals surface area contributed by atoms with E-state index in [0.29, 0.717) is 47.5 Å². The summed E-state index contributed by atoms with van der Waals surface area (Å²) < 4.78 is 52.2. The first-order chi connectivity index (χ1) is 19.2. The number of pyridine rings is 1. The number of halogens is 4. The van der Waals surface area contributed by atoms with Crippen LogP contribution in [0.3, 0.4) is 0 Å². The monoisotopic (exact) mass is 573 g/mol. The Balaban J connectivity index is 1.34. The smallest absolute Gasteiger partial charge is 0.417 e. The Hall–Kier alpha value is -4.85. The Kier molecular flexibility index (Phi) is 7.17. The van der Waals surface area contributed by atoms with Crippen molar-refractivity contribution >= 4 is 41.3 Å². The second kappa shape index (κ2) is 10.7. The molecule has 0 fully saturated rings. The minimum atomic E-state index is -4.66. The number of ether oxygens (including phenoxy) is 2. The summed E-state index contributed by atoms with van der Waals surface area (Å²) in [4.78, 5) is 36.0. The molecule has 3 heterocycles. The molecule has 0 radical (unpaired) electrons. The molecule has 40 heavy (non-hydrogen) atoms. The van der Waals surface area contributed by atoms with Crippen molar-refractivity contribution in [2.45, 2.75) is 12.7 Å². The van der Waals surface area contributed by atoms with Crippen molar-refractivity contribution in [3.05, 3.63) is 64.7 Å². The van der Waals surface area contributed by atoms with E-state index in [0.717, 1.165) is 12.1 Å². The Morgan fingerprint density at radius 1 is 1.12 bits per heavy atom. The molecule has 3 N–H and O–H groups in total. The van der Waals surface area contributed by atoms with E-state index in [9.17, 15) is 22.8 Å². The molecule has 3 aliphatic heterocycles. The summed E-state index contributed by atoms with van der Waals surface area (Å²) in [5.74, 6) is 2.00. The Morgan fingerprint density at radius 3 is 2.55 bits per heavy atom. The van der Waals surface area contributed by atoms with E-state index in [1.807, 2.05) is 4.57 Å². The third-order valence-electron chi connectivity index (χ3n) is 5.77. The lowest BCUT2D eigenvalue weighted by atomic mass is 10.2. The summed E-state index contributed by atoms with van der Waals surface area (Å²) in [6.07, 6.45) is -4.66. The van der Waals surface area contributed by atoms with Crippen molar-refractivity contribution in [2.24, 2.45) is 4.99 Å². The van der Waals surface area contributed by atoms with Crippen molar-refractivity contribution < 1.29 is 32.2 Å². The molecule has 0 aliphatic carbocycles. The molecule has 2 aromatic carbocycles. The summed E-state index contributed by atoms with van der Waals surface area (Å²) in [5.41, 5.74) is -0.183. The van der Waals surface area contributed by atoms with Gasteiger partial charge in [-0.1, -0.05) is 11.6 Å². The van der Waals surface area contributed by atoms with Gasteiger partial charge in [0.25, 0.3) is 6.47 Å². The van der Waals surface area contributed by atoms with Crippen molar-refractivity contribution in [3.63, 3.8) is 0 Å². The van der Waals surface area contributed by atoms with Gasteiger partial charge in [-0.2, -0.15) is 23.1 Å². The molecule has 3 aliphatic rings. The summed E-state index contributed by atoms with van der Waals surface area (Å²) in [5, 5.41) is 7.66. The van der Waals surface area contributed by atoms with Gasteiger partial charge in [-0.05, 0) is 42.5 Å². The number of amides is 2. The first-order valence-corrected chi connectivity index (χ1v) is 12.0. The highest BCUT2D eigenvalue weighted by Crippen LogP contribution is 2.41. The Labute approximate surface area is 229 Å².